The number of carbonyl (C=O) groups is 2. The maximum atomic E-state index is 14.2. The first-order chi connectivity index (χ1) is 17.6. The molecule has 6 heteroatoms. The average molecular weight is 483 g/mol. The maximum absolute atomic E-state index is 14.2. The Hall–Kier alpha value is -3.80. The van der Waals surface area contributed by atoms with Crippen molar-refractivity contribution in [1.29, 1.82) is 0 Å². The van der Waals surface area contributed by atoms with E-state index in [0.29, 0.717) is 30.0 Å². The van der Waals surface area contributed by atoms with Crippen LogP contribution in [-0.2, 0) is 17.6 Å². The van der Waals surface area contributed by atoms with Gasteiger partial charge in [0.25, 0.3) is 5.91 Å². The van der Waals surface area contributed by atoms with Gasteiger partial charge in [-0.05, 0) is 71.7 Å². The number of benzene rings is 3. The molecule has 36 heavy (non-hydrogen) atoms. The summed E-state index contributed by atoms with van der Waals surface area (Å²) < 4.78 is 11.1. The van der Waals surface area contributed by atoms with Crippen molar-refractivity contribution in [3.63, 3.8) is 0 Å². The zero-order valence-electron chi connectivity index (χ0n) is 20.6. The number of carbonyl (C=O) groups excluding carboxylic acids is 2. The number of methoxy groups -OCH3 is 2. The molecule has 3 atom stereocenters. The second kappa shape index (κ2) is 9.01. The van der Waals surface area contributed by atoms with Crippen LogP contribution in [0.15, 0.2) is 60.7 Å². The number of hydrogen-bond acceptors (Lipinski definition) is 4. The fourth-order valence-electron chi connectivity index (χ4n) is 6.30. The highest BCUT2D eigenvalue weighted by Crippen LogP contribution is 2.48. The van der Waals surface area contributed by atoms with E-state index in [1.54, 1.807) is 14.2 Å². The Morgan fingerprint density at radius 1 is 0.889 bits per heavy atom. The third kappa shape index (κ3) is 3.55. The van der Waals surface area contributed by atoms with Gasteiger partial charge in [-0.15, -0.1) is 0 Å². The van der Waals surface area contributed by atoms with Crippen molar-refractivity contribution in [2.24, 2.45) is 0 Å². The number of rotatable bonds is 4. The van der Waals surface area contributed by atoms with Crippen LogP contribution >= 0.6 is 0 Å². The third-order valence-electron chi connectivity index (χ3n) is 7.99. The van der Waals surface area contributed by atoms with Crippen LogP contribution in [0.3, 0.4) is 0 Å². The van der Waals surface area contributed by atoms with Crippen LogP contribution in [-0.4, -0.2) is 37.5 Å². The largest absolute Gasteiger partial charge is 0.493 e. The summed E-state index contributed by atoms with van der Waals surface area (Å²) in [6, 6.07) is 19.4. The van der Waals surface area contributed by atoms with E-state index < -0.39 is 12.0 Å². The molecule has 3 aliphatic rings. The predicted octanol–water partition coefficient (Wildman–Crippen LogP) is 4.73. The lowest BCUT2D eigenvalue weighted by molar-refractivity contribution is -0.125. The van der Waals surface area contributed by atoms with E-state index in [9.17, 15) is 9.59 Å². The van der Waals surface area contributed by atoms with Gasteiger partial charge in [-0.2, -0.15) is 0 Å². The normalized spacial score (nSPS) is 22.0. The van der Waals surface area contributed by atoms with E-state index in [4.69, 9.17) is 9.47 Å². The SMILES string of the molecule is COc1cc2c(cc1OC)[C@@H]1[C@@H](C(=O)N[C@@H]3CCCc4ccccc43)c3ccccc3C(=O)N1CC2. The summed E-state index contributed by atoms with van der Waals surface area (Å²) in [6.45, 7) is 0.552. The Morgan fingerprint density at radius 3 is 2.42 bits per heavy atom. The number of hydrogen-bond donors (Lipinski definition) is 1. The van der Waals surface area contributed by atoms with Gasteiger partial charge in [0, 0.05) is 12.1 Å². The maximum Gasteiger partial charge on any atom is 0.254 e. The van der Waals surface area contributed by atoms with Crippen LogP contribution in [0.2, 0.25) is 0 Å². The van der Waals surface area contributed by atoms with Gasteiger partial charge in [-0.1, -0.05) is 42.5 Å². The lowest BCUT2D eigenvalue weighted by Gasteiger charge is -2.45. The first kappa shape index (κ1) is 22.7. The van der Waals surface area contributed by atoms with E-state index in [1.165, 1.54) is 11.1 Å². The first-order valence-corrected chi connectivity index (χ1v) is 12.6. The molecule has 6 nitrogen and oxygen atoms in total. The molecule has 0 bridgehead atoms. The zero-order valence-corrected chi connectivity index (χ0v) is 20.6. The summed E-state index contributed by atoms with van der Waals surface area (Å²) in [4.78, 5) is 29.7. The molecule has 2 amide bonds. The number of amides is 2. The second-order valence-electron chi connectivity index (χ2n) is 9.82. The van der Waals surface area contributed by atoms with E-state index in [2.05, 4.69) is 23.5 Å². The molecule has 2 aliphatic heterocycles. The first-order valence-electron chi connectivity index (χ1n) is 12.6. The van der Waals surface area contributed by atoms with Crippen LogP contribution in [0.5, 0.6) is 11.5 Å². The van der Waals surface area contributed by atoms with Gasteiger partial charge < -0.3 is 19.7 Å². The van der Waals surface area contributed by atoms with Crippen molar-refractivity contribution in [1.82, 2.24) is 10.2 Å². The molecule has 0 unspecified atom stereocenters. The van der Waals surface area contributed by atoms with Crippen LogP contribution in [0.4, 0.5) is 0 Å². The molecule has 0 spiro atoms. The Balaban J connectivity index is 1.45. The summed E-state index contributed by atoms with van der Waals surface area (Å²) in [7, 11) is 3.23. The predicted molar refractivity (Wildman–Crippen MR) is 136 cm³/mol. The molecule has 184 valence electrons. The van der Waals surface area contributed by atoms with Crippen LogP contribution in [0.1, 0.15) is 69.0 Å². The molecule has 0 aromatic heterocycles. The molecule has 0 fully saturated rings. The minimum atomic E-state index is -0.523. The number of ether oxygens (including phenoxy) is 2. The zero-order chi connectivity index (χ0) is 24.8. The average Bonchev–Trinajstić information content (AvgIpc) is 2.92. The molecule has 0 saturated heterocycles. The van der Waals surface area contributed by atoms with Gasteiger partial charge in [0.1, 0.15) is 0 Å². The molecule has 3 aromatic rings. The van der Waals surface area contributed by atoms with Gasteiger partial charge >= 0.3 is 0 Å². The van der Waals surface area contributed by atoms with Crippen molar-refractivity contribution in [3.8, 4) is 11.5 Å². The van der Waals surface area contributed by atoms with Crippen molar-refractivity contribution < 1.29 is 19.1 Å². The molecule has 2 heterocycles. The Bertz CT molecular complexity index is 1350. The Kier molecular flexibility index (Phi) is 5.67. The lowest BCUT2D eigenvalue weighted by atomic mass is 9.75. The Morgan fingerprint density at radius 2 is 1.61 bits per heavy atom. The second-order valence-corrected chi connectivity index (χ2v) is 9.82. The van der Waals surface area contributed by atoms with E-state index in [1.807, 2.05) is 47.4 Å². The van der Waals surface area contributed by atoms with E-state index in [-0.39, 0.29) is 17.9 Å². The smallest absolute Gasteiger partial charge is 0.254 e. The number of nitrogens with zero attached hydrogens (tertiary/aromatic N) is 1. The summed E-state index contributed by atoms with van der Waals surface area (Å²) in [5.41, 5.74) is 5.93. The highest BCUT2D eigenvalue weighted by atomic mass is 16.5. The number of nitrogens with one attached hydrogen (secondary N) is 1. The van der Waals surface area contributed by atoms with Crippen LogP contribution < -0.4 is 14.8 Å². The summed E-state index contributed by atoms with van der Waals surface area (Å²) in [6.07, 6.45) is 3.68. The highest BCUT2D eigenvalue weighted by Gasteiger charge is 2.47. The molecule has 0 saturated carbocycles. The summed E-state index contributed by atoms with van der Waals surface area (Å²) in [5, 5.41) is 3.38. The minimum Gasteiger partial charge on any atom is -0.493 e. The molecule has 1 aliphatic carbocycles. The van der Waals surface area contributed by atoms with Crippen LogP contribution in [0.25, 0.3) is 0 Å². The molecule has 3 aromatic carbocycles. The van der Waals surface area contributed by atoms with E-state index >= 15 is 0 Å². The quantitative estimate of drug-likeness (QED) is 0.584. The highest BCUT2D eigenvalue weighted by molar-refractivity contribution is 6.01. The Labute approximate surface area is 211 Å². The molecule has 0 radical (unpaired) electrons. The molecule has 6 rings (SSSR count). The third-order valence-corrected chi connectivity index (χ3v) is 7.99. The number of aryl methyl sites for hydroxylation is 1. The minimum absolute atomic E-state index is 0.0249. The lowest BCUT2D eigenvalue weighted by Crippen LogP contribution is -2.50. The molecule has 1 N–H and O–H groups in total. The van der Waals surface area contributed by atoms with Crippen molar-refractivity contribution >= 4 is 11.8 Å². The summed E-state index contributed by atoms with van der Waals surface area (Å²) >= 11 is 0. The number of fused-ring (bicyclic) bond motifs is 5. The molecular formula is C30H30N2O4. The fraction of sp³-hybridized carbons (Fsp3) is 0.333. The fourth-order valence-corrected chi connectivity index (χ4v) is 6.30. The van der Waals surface area contributed by atoms with Crippen LogP contribution in [0, 0.1) is 0 Å². The van der Waals surface area contributed by atoms with Crippen molar-refractivity contribution in [2.45, 2.75) is 43.7 Å². The van der Waals surface area contributed by atoms with Gasteiger partial charge in [-0.25, -0.2) is 0 Å². The topological polar surface area (TPSA) is 67.9 Å². The van der Waals surface area contributed by atoms with Crippen molar-refractivity contribution in [2.75, 3.05) is 20.8 Å². The monoisotopic (exact) mass is 482 g/mol. The van der Waals surface area contributed by atoms with Gasteiger partial charge in [0.15, 0.2) is 11.5 Å². The van der Waals surface area contributed by atoms with Gasteiger partial charge in [0.05, 0.1) is 32.2 Å². The van der Waals surface area contributed by atoms with E-state index in [0.717, 1.165) is 36.0 Å². The van der Waals surface area contributed by atoms with Gasteiger partial charge in [-0.3, -0.25) is 9.59 Å². The molecular weight excluding hydrogens is 452 g/mol. The van der Waals surface area contributed by atoms with Gasteiger partial charge in [0.2, 0.25) is 5.91 Å². The van der Waals surface area contributed by atoms with Crippen molar-refractivity contribution in [3.05, 3.63) is 94.0 Å². The summed E-state index contributed by atoms with van der Waals surface area (Å²) in [5.74, 6) is 0.666. The standard InChI is InChI=1S/C30H30N2O4/c1-35-25-16-19-14-15-32-28(23(19)17-26(25)36-2)27(21-11-5-6-12-22(21)30(32)34)29(33)31-24-13-7-9-18-8-3-4-10-20(18)24/h3-6,8,10-12,16-17,24,27-28H,7,9,13-15H2,1-2H3,(H,31,33)/t24-,27+,28-/m1/s1.